The van der Waals surface area contributed by atoms with Crippen LogP contribution in [0.25, 0.3) is 0 Å². The third kappa shape index (κ3) is 7.24. The Hall–Kier alpha value is -4.90. The minimum Gasteiger partial charge on any atom is -0.486 e. The molecular weight excluding hydrogens is 786 g/mol. The number of rotatable bonds is 10. The molecule has 1 aliphatic carbocycles. The van der Waals surface area contributed by atoms with E-state index in [1.165, 1.54) is 24.3 Å². The molecule has 1 amide bonds. The first-order valence-electron chi connectivity index (χ1n) is 19.7. The number of anilines is 1. The number of amides is 1. The van der Waals surface area contributed by atoms with Gasteiger partial charge in [-0.2, -0.15) is 0 Å². The zero-order valence-electron chi connectivity index (χ0n) is 32.2. The summed E-state index contributed by atoms with van der Waals surface area (Å²) in [5, 5.41) is 74.4. The maximum Gasteiger partial charge on any atom is 0.242 e. The summed E-state index contributed by atoms with van der Waals surface area (Å²) in [5.41, 5.74) is 5.09. The summed E-state index contributed by atoms with van der Waals surface area (Å²) < 4.78 is 25.1. The number of fused-ring (bicyclic) bond motifs is 6. The maximum absolute atomic E-state index is 14.7. The zero-order valence-corrected chi connectivity index (χ0v) is 32.2. The Balaban J connectivity index is 1.38. The van der Waals surface area contributed by atoms with Crippen molar-refractivity contribution in [3.63, 3.8) is 0 Å². The average Bonchev–Trinajstić information content (AvgIpc) is 3.65. The van der Waals surface area contributed by atoms with Crippen LogP contribution in [0, 0.1) is 0 Å². The Morgan fingerprint density at radius 2 is 1.83 bits per heavy atom. The molecule has 320 valence electrons. The van der Waals surface area contributed by atoms with Gasteiger partial charge in [-0.25, -0.2) is 0 Å². The predicted octanol–water partition coefficient (Wildman–Crippen LogP) is -2.20. The van der Waals surface area contributed by atoms with Gasteiger partial charge in [0.2, 0.25) is 12.2 Å². The van der Waals surface area contributed by atoms with Gasteiger partial charge in [0, 0.05) is 59.9 Å². The Bertz CT molecular complexity index is 2170. The lowest BCUT2D eigenvalue weighted by atomic mass is 9.78. The molecule has 19 heteroatoms. The van der Waals surface area contributed by atoms with Crippen LogP contribution >= 0.6 is 0 Å². The van der Waals surface area contributed by atoms with Gasteiger partial charge in [-0.05, 0) is 41.8 Å². The molecule has 11 N–H and O–H groups in total. The Labute approximate surface area is 343 Å². The van der Waals surface area contributed by atoms with Gasteiger partial charge in [-0.3, -0.25) is 30.8 Å². The second-order valence-corrected chi connectivity index (χ2v) is 15.5. The predicted molar refractivity (Wildman–Crippen MR) is 207 cm³/mol. The largest absolute Gasteiger partial charge is 0.486 e. The number of benzene rings is 3. The molecule has 3 aromatic carbocycles. The van der Waals surface area contributed by atoms with E-state index in [1.54, 1.807) is 12.1 Å². The molecule has 0 radical (unpaired) electrons. The van der Waals surface area contributed by atoms with Crippen molar-refractivity contribution >= 4 is 29.4 Å². The number of ketones is 2. The molecule has 19 nitrogen and oxygen atoms in total. The fourth-order valence-electron chi connectivity index (χ4n) is 8.75. The summed E-state index contributed by atoms with van der Waals surface area (Å²) in [4.78, 5) is 55.6. The number of aldehydes is 1. The van der Waals surface area contributed by atoms with E-state index in [2.05, 4.69) is 16.0 Å². The molecule has 60 heavy (non-hydrogen) atoms. The highest BCUT2D eigenvalue weighted by molar-refractivity contribution is 6.29. The van der Waals surface area contributed by atoms with Gasteiger partial charge in [0.15, 0.2) is 28.7 Å². The number of ether oxygens (including phenoxy) is 4. The third-order valence-electron chi connectivity index (χ3n) is 11.8. The zero-order chi connectivity index (χ0) is 42.5. The van der Waals surface area contributed by atoms with Gasteiger partial charge < -0.3 is 64.6 Å². The minimum atomic E-state index is -2.47. The van der Waals surface area contributed by atoms with Crippen molar-refractivity contribution < 1.29 is 68.8 Å². The molecule has 0 spiro atoms. The second-order valence-electron chi connectivity index (χ2n) is 15.5. The molecule has 3 saturated heterocycles. The van der Waals surface area contributed by atoms with Crippen molar-refractivity contribution in [3.8, 4) is 11.5 Å². The highest BCUT2D eigenvalue weighted by Crippen LogP contribution is 2.50. The van der Waals surface area contributed by atoms with Crippen LogP contribution in [-0.4, -0.2) is 142 Å². The van der Waals surface area contributed by atoms with Crippen LogP contribution in [0.4, 0.5) is 5.69 Å². The number of nitrogens with two attached hydrogens (primary N) is 1. The van der Waals surface area contributed by atoms with Crippen molar-refractivity contribution in [3.05, 3.63) is 87.5 Å². The number of aliphatic hydroxyl groups excluding tert-OH is 5. The highest BCUT2D eigenvalue weighted by atomic mass is 16.7. The monoisotopic (exact) mass is 833 g/mol. The number of para-hydroxylation sites is 1. The number of hydrogen-bond donors (Lipinski definition) is 10. The Kier molecular flexibility index (Phi) is 11.8. The molecule has 4 aliphatic heterocycles. The van der Waals surface area contributed by atoms with Crippen molar-refractivity contribution in [2.45, 2.75) is 86.6 Å². The Morgan fingerprint density at radius 3 is 2.60 bits per heavy atom. The lowest BCUT2D eigenvalue weighted by Crippen LogP contribution is -2.70. The first kappa shape index (κ1) is 41.8. The first-order chi connectivity index (χ1) is 28.9. The SMILES string of the molecule is N[C@@H]1NC(=O)[C@H]2NCN(c3ccccc3[C@@H]3CCOC[C@@H]4O[C@H](Oc5c3cc3c(c5OC[C@H](O)CC=O)C(=O)c5cc(CO)ccc5C3=O)[C@](O)(CCO)[C@H](O)[C@H]4O)[C@H]2N1. The molecule has 10 atom stereocenters. The van der Waals surface area contributed by atoms with E-state index in [0.29, 0.717) is 23.1 Å². The van der Waals surface area contributed by atoms with Gasteiger partial charge in [0.25, 0.3) is 0 Å². The second kappa shape index (κ2) is 16.9. The van der Waals surface area contributed by atoms with Gasteiger partial charge in [0.05, 0.1) is 31.5 Å². The number of carbonyl (C=O) groups excluding carboxylic acids is 4. The molecule has 0 aromatic heterocycles. The number of nitrogens with one attached hydrogen (secondary N) is 3. The van der Waals surface area contributed by atoms with Crippen LogP contribution in [0.3, 0.4) is 0 Å². The quantitative estimate of drug-likeness (QED) is 0.0759. The normalized spacial score (nSPS) is 30.4. The van der Waals surface area contributed by atoms with Gasteiger partial charge >= 0.3 is 0 Å². The number of carbonyl (C=O) groups is 4. The summed E-state index contributed by atoms with van der Waals surface area (Å²) >= 11 is 0. The molecule has 8 rings (SSSR count). The molecular formula is C41H47N5O14. The summed E-state index contributed by atoms with van der Waals surface area (Å²) in [6.45, 7) is -1.76. The van der Waals surface area contributed by atoms with Gasteiger partial charge in [-0.1, -0.05) is 24.3 Å². The van der Waals surface area contributed by atoms with Crippen LogP contribution in [0.5, 0.6) is 11.5 Å². The minimum absolute atomic E-state index is 0.00645. The summed E-state index contributed by atoms with van der Waals surface area (Å²) in [7, 11) is 0. The number of aliphatic hydroxyl groups is 6. The number of hydrogen-bond acceptors (Lipinski definition) is 18. The molecule has 3 aromatic rings. The topological polar surface area (TPSA) is 292 Å². The van der Waals surface area contributed by atoms with Crippen molar-refractivity contribution in [1.82, 2.24) is 16.0 Å². The van der Waals surface area contributed by atoms with E-state index in [1.807, 2.05) is 17.0 Å². The van der Waals surface area contributed by atoms with E-state index in [9.17, 15) is 49.8 Å². The van der Waals surface area contributed by atoms with Crippen LogP contribution in [0.1, 0.15) is 73.7 Å². The first-order valence-corrected chi connectivity index (χ1v) is 19.7. The van der Waals surface area contributed by atoms with E-state index in [4.69, 9.17) is 24.7 Å². The third-order valence-corrected chi connectivity index (χ3v) is 11.8. The smallest absolute Gasteiger partial charge is 0.242 e. The lowest BCUT2D eigenvalue weighted by molar-refractivity contribution is -0.324. The molecule has 5 aliphatic rings. The summed E-state index contributed by atoms with van der Waals surface area (Å²) in [6.07, 6.45) is -9.88. The molecule has 0 saturated carbocycles. The van der Waals surface area contributed by atoms with Crippen molar-refractivity contribution in [2.24, 2.45) is 5.73 Å². The molecule has 4 heterocycles. The van der Waals surface area contributed by atoms with Crippen LogP contribution in [0.2, 0.25) is 0 Å². The van der Waals surface area contributed by atoms with Crippen LogP contribution < -0.4 is 36.1 Å². The summed E-state index contributed by atoms with van der Waals surface area (Å²) in [5.74, 6) is -3.01. The summed E-state index contributed by atoms with van der Waals surface area (Å²) in [6, 6.07) is 12.4. The van der Waals surface area contributed by atoms with E-state index < -0.39 is 98.5 Å². The van der Waals surface area contributed by atoms with Crippen molar-refractivity contribution in [1.29, 1.82) is 0 Å². The van der Waals surface area contributed by atoms with E-state index in [-0.39, 0.29) is 77.9 Å². The van der Waals surface area contributed by atoms with Crippen molar-refractivity contribution in [2.75, 3.05) is 38.0 Å². The fourth-order valence-corrected chi connectivity index (χ4v) is 8.75. The average molecular weight is 834 g/mol. The highest BCUT2D eigenvalue weighted by Gasteiger charge is 2.57. The van der Waals surface area contributed by atoms with Gasteiger partial charge in [0.1, 0.15) is 49.7 Å². The fraction of sp³-hybridized carbons (Fsp3) is 0.463. The van der Waals surface area contributed by atoms with E-state index >= 15 is 0 Å². The van der Waals surface area contributed by atoms with Gasteiger partial charge in [-0.15, -0.1) is 0 Å². The van der Waals surface area contributed by atoms with Crippen LogP contribution in [0.15, 0.2) is 48.5 Å². The Morgan fingerprint density at radius 1 is 1.03 bits per heavy atom. The van der Waals surface area contributed by atoms with Crippen LogP contribution in [-0.2, 0) is 25.7 Å². The molecule has 3 fully saturated rings. The lowest BCUT2D eigenvalue weighted by Gasteiger charge is -2.47. The standard InChI is InChI=1S/C41H47N5O14/c42-40-44-37-30(38(55)45-40)43-18-46(37)27-4-2-1-3-22(27)21-8-12-57-17-28-33(53)36(54)41(56,9-11-48)39(59-28)60-34-25(21)14-26-29(35(34)58-16-20(50)7-10-47)32(52)24-13-19(15-49)5-6-23(24)31(26)51/h1-6,10,13-14,20-21,28,30,33,36-37,39-40,43-44,48-50,53-54,56H,7-9,11-12,15-18,42H2,(H,45,55)/t20-,21+,28+,30+,33+,36-,37-,39-,40+,41+/m1/s1. The molecule has 2 bridgehead atoms. The maximum atomic E-state index is 14.7. The number of nitrogens with zero attached hydrogens (tertiary/aromatic N) is 1. The van der Waals surface area contributed by atoms with E-state index in [0.717, 1.165) is 0 Å². The molecule has 0 unspecified atom stereocenters.